The standard InChI is InChI=1S/C22H16FN5O6S4.Na/c23-9-1-2-10-12(29)4-14(38-13(10)3-9)35-5-8-6-36-20-16(19(31)28(20)17(8)21(32)33)26-18(30)15(27-34)11-7-37-22(24)25-11;/h1-4,7,16,20,34H,5-6H2,(H2,24,25)(H,26,30)(H,32,33);/q;+1/p-1/b27-15+;/t16-,20-;/m1./s1. The van der Waals surface area contributed by atoms with Crippen LogP contribution in [0.25, 0.3) is 10.1 Å². The van der Waals surface area contributed by atoms with Gasteiger partial charge in [0, 0.05) is 38.9 Å². The van der Waals surface area contributed by atoms with Gasteiger partial charge >= 0.3 is 35.5 Å². The second-order valence-corrected chi connectivity index (χ2v) is 12.3. The first-order chi connectivity index (χ1) is 18.2. The summed E-state index contributed by atoms with van der Waals surface area (Å²) in [5, 5.41) is 35.9. The van der Waals surface area contributed by atoms with E-state index in [9.17, 15) is 34.2 Å². The van der Waals surface area contributed by atoms with Gasteiger partial charge in [-0.1, -0.05) is 5.16 Å². The predicted molar refractivity (Wildman–Crippen MR) is 143 cm³/mol. The van der Waals surface area contributed by atoms with Gasteiger partial charge in [-0.2, -0.15) is 0 Å². The smallest absolute Gasteiger partial charge is 0.857 e. The number of hydrogen-bond acceptors (Lipinski definition) is 13. The SMILES string of the molecule is Nc1nc(/C(=N\O)C([O-])=N[C@@H]2C(=O)N3C(C(=O)O)=C(CSc4cc(=O)c5ccc(F)cc5s4)CS[C@H]23)cs1.[Na+]. The molecule has 3 aromatic rings. The number of anilines is 1. The average Bonchev–Trinajstić information content (AvgIpc) is 3.31. The van der Waals surface area contributed by atoms with Crippen molar-refractivity contribution < 1.29 is 59.0 Å². The van der Waals surface area contributed by atoms with Crippen molar-refractivity contribution in [1.29, 1.82) is 0 Å². The van der Waals surface area contributed by atoms with E-state index >= 15 is 0 Å². The summed E-state index contributed by atoms with van der Waals surface area (Å²) >= 11 is 4.69. The summed E-state index contributed by atoms with van der Waals surface area (Å²) < 4.78 is 14.7. The molecule has 1 amide bonds. The normalized spacial score (nSPS) is 19.5. The van der Waals surface area contributed by atoms with Gasteiger partial charge in [0.1, 0.15) is 28.3 Å². The molecular weight excluding hydrogens is 601 g/mol. The van der Waals surface area contributed by atoms with Crippen molar-refractivity contribution in [3.8, 4) is 0 Å². The molecule has 0 unspecified atom stereocenters. The number of fused-ring (bicyclic) bond motifs is 2. The Kier molecular flexibility index (Phi) is 9.05. The van der Waals surface area contributed by atoms with Crippen LogP contribution in [0.1, 0.15) is 5.69 Å². The van der Waals surface area contributed by atoms with E-state index in [2.05, 4.69) is 15.1 Å². The monoisotopic (exact) mass is 615 g/mol. The van der Waals surface area contributed by atoms with E-state index in [0.717, 1.165) is 16.2 Å². The van der Waals surface area contributed by atoms with Gasteiger partial charge in [-0.3, -0.25) is 19.5 Å². The van der Waals surface area contributed by atoms with Crippen molar-refractivity contribution in [2.24, 2.45) is 10.1 Å². The van der Waals surface area contributed by atoms with Crippen LogP contribution in [0, 0.1) is 5.82 Å². The fourth-order valence-electron chi connectivity index (χ4n) is 3.88. The van der Waals surface area contributed by atoms with Crippen molar-refractivity contribution >= 4 is 84.9 Å². The molecule has 11 nitrogen and oxygen atoms in total. The maximum atomic E-state index is 13.6. The zero-order chi connectivity index (χ0) is 27.1. The average molecular weight is 616 g/mol. The van der Waals surface area contributed by atoms with Gasteiger partial charge in [-0.25, -0.2) is 14.2 Å². The molecule has 17 heteroatoms. The van der Waals surface area contributed by atoms with E-state index in [0.29, 0.717) is 19.9 Å². The van der Waals surface area contributed by atoms with Gasteiger partial charge in [-0.15, -0.1) is 46.2 Å². The van der Waals surface area contributed by atoms with Crippen molar-refractivity contribution in [3.63, 3.8) is 0 Å². The number of nitrogens with zero attached hydrogens (tertiary/aromatic N) is 4. The molecule has 2 atom stereocenters. The molecule has 196 valence electrons. The first-order valence-corrected chi connectivity index (χ1v) is 14.4. The van der Waals surface area contributed by atoms with Gasteiger partial charge in [0.25, 0.3) is 5.91 Å². The molecule has 0 radical (unpaired) electrons. The van der Waals surface area contributed by atoms with Crippen LogP contribution in [0.2, 0.25) is 0 Å². The zero-order valence-electron chi connectivity index (χ0n) is 19.9. The maximum absolute atomic E-state index is 13.6. The second-order valence-electron chi connectivity index (χ2n) is 7.92. The van der Waals surface area contributed by atoms with Crippen LogP contribution in [-0.4, -0.2) is 66.6 Å². The number of benzene rings is 1. The summed E-state index contributed by atoms with van der Waals surface area (Å²) in [7, 11) is 0. The minimum atomic E-state index is -1.31. The molecule has 4 N–H and O–H groups in total. The van der Waals surface area contributed by atoms with E-state index < -0.39 is 40.7 Å². The third-order valence-electron chi connectivity index (χ3n) is 5.60. The number of aliphatic imine (C=N–C) groups is 1. The number of thiazole rings is 1. The van der Waals surface area contributed by atoms with Crippen molar-refractivity contribution in [1.82, 2.24) is 9.88 Å². The topological polar surface area (TPSA) is 182 Å². The van der Waals surface area contributed by atoms with Crippen molar-refractivity contribution in [2.75, 3.05) is 17.2 Å². The van der Waals surface area contributed by atoms with Crippen LogP contribution in [0.5, 0.6) is 0 Å². The molecular formula is C22H15FN5NaO6S4. The third kappa shape index (κ3) is 5.73. The number of carbonyl (C=O) groups is 2. The van der Waals surface area contributed by atoms with Crippen LogP contribution in [0.4, 0.5) is 9.52 Å². The quantitative estimate of drug-likeness (QED) is 0.0555. The van der Waals surface area contributed by atoms with E-state index in [1.54, 1.807) is 0 Å². The number of β-lactam (4-membered cyclic amide) rings is 1. The number of aliphatic carboxylic acids is 1. The number of hydrogen-bond donors (Lipinski definition) is 3. The molecule has 1 saturated heterocycles. The van der Waals surface area contributed by atoms with Crippen LogP contribution in [-0.2, 0) is 9.59 Å². The Morgan fingerprint density at radius 3 is 2.77 bits per heavy atom. The molecule has 1 fully saturated rings. The molecule has 1 aromatic carbocycles. The Bertz CT molecular complexity index is 1640. The molecule has 2 aliphatic rings. The minimum Gasteiger partial charge on any atom is -0.857 e. The Hall–Kier alpha value is -2.47. The van der Waals surface area contributed by atoms with Crippen LogP contribution >= 0.6 is 46.2 Å². The zero-order valence-corrected chi connectivity index (χ0v) is 25.1. The van der Waals surface area contributed by atoms with E-state index in [-0.39, 0.29) is 63.0 Å². The molecule has 0 spiro atoms. The Morgan fingerprint density at radius 2 is 2.10 bits per heavy atom. The summed E-state index contributed by atoms with van der Waals surface area (Å²) in [5.74, 6) is -3.03. The summed E-state index contributed by atoms with van der Waals surface area (Å²) in [6.07, 6.45) is 0. The second kappa shape index (κ2) is 12.0. The van der Waals surface area contributed by atoms with Crippen LogP contribution < -0.4 is 45.8 Å². The van der Waals surface area contributed by atoms with Gasteiger partial charge < -0.3 is 21.2 Å². The van der Waals surface area contributed by atoms with E-state index in [1.165, 1.54) is 64.5 Å². The minimum absolute atomic E-state index is 0. The van der Waals surface area contributed by atoms with E-state index in [1.807, 2.05) is 0 Å². The molecule has 39 heavy (non-hydrogen) atoms. The molecule has 0 saturated carbocycles. The largest absolute Gasteiger partial charge is 1.00 e. The molecule has 0 bridgehead atoms. The van der Waals surface area contributed by atoms with Crippen molar-refractivity contribution in [3.05, 3.63) is 62.7 Å². The summed E-state index contributed by atoms with van der Waals surface area (Å²) in [5.41, 5.74) is 5.05. The number of carboxylic acid groups (broad SMARTS) is 1. The molecule has 5 rings (SSSR count). The Balaban J connectivity index is 0.00000353. The van der Waals surface area contributed by atoms with Crippen LogP contribution in [0.3, 0.4) is 0 Å². The Morgan fingerprint density at radius 1 is 1.33 bits per heavy atom. The number of rotatable bonds is 7. The van der Waals surface area contributed by atoms with Crippen LogP contribution in [0.15, 0.2) is 60.1 Å². The third-order valence-corrected chi connectivity index (χ3v) is 9.98. The van der Waals surface area contributed by atoms with Gasteiger partial charge in [0.15, 0.2) is 16.6 Å². The number of carbonyl (C=O) groups excluding carboxylic acids is 1. The fourth-order valence-corrected chi connectivity index (χ4v) is 8.15. The van der Waals surface area contributed by atoms with E-state index in [4.69, 9.17) is 5.73 Å². The number of halogens is 1. The molecule has 2 aliphatic heterocycles. The number of oxime groups is 1. The number of nitrogen functional groups attached to an aromatic ring is 1. The number of aromatic nitrogens is 1. The van der Waals surface area contributed by atoms with Crippen molar-refractivity contribution in [2.45, 2.75) is 15.6 Å². The summed E-state index contributed by atoms with van der Waals surface area (Å²) in [6, 6.07) is 4.16. The molecule has 4 heterocycles. The number of carboxylic acids is 1. The summed E-state index contributed by atoms with van der Waals surface area (Å²) in [6.45, 7) is 0. The first kappa shape index (κ1) is 29.5. The number of amides is 1. The summed E-state index contributed by atoms with van der Waals surface area (Å²) in [4.78, 5) is 46.2. The van der Waals surface area contributed by atoms with Gasteiger partial charge in [-0.05, 0) is 23.8 Å². The predicted octanol–water partition coefficient (Wildman–Crippen LogP) is -1.20. The molecule has 0 aliphatic carbocycles. The Labute approximate surface area is 257 Å². The fraction of sp³-hybridized carbons (Fsp3) is 0.182. The van der Waals surface area contributed by atoms with Gasteiger partial charge in [0.05, 0.1) is 4.21 Å². The molecule has 2 aromatic heterocycles. The number of nitrogens with two attached hydrogens (primary N) is 1. The number of thioether (sulfide) groups is 2. The van der Waals surface area contributed by atoms with Gasteiger partial charge in [0.2, 0.25) is 0 Å². The maximum Gasteiger partial charge on any atom is 1.00 e. The first-order valence-electron chi connectivity index (χ1n) is 10.6.